The summed E-state index contributed by atoms with van der Waals surface area (Å²) in [4.78, 5) is 17.8. The molecule has 0 radical (unpaired) electrons. The molecule has 0 aliphatic carbocycles. The van der Waals surface area contributed by atoms with Gasteiger partial charge in [0, 0.05) is 51.0 Å². The van der Waals surface area contributed by atoms with E-state index in [0.717, 1.165) is 31.1 Å². The zero-order valence-corrected chi connectivity index (χ0v) is 13.3. The third-order valence-electron chi connectivity index (χ3n) is 4.24. The third-order valence-corrected chi connectivity index (χ3v) is 4.24. The second-order valence-corrected chi connectivity index (χ2v) is 6.06. The Balaban J connectivity index is 1.63. The maximum absolute atomic E-state index is 4.45. The van der Waals surface area contributed by atoms with Gasteiger partial charge in [0.15, 0.2) is 0 Å². The SMILES string of the molecule is Cc1cnc(N(C)C2CCCN(Cc3cccnc3)C2)nc1. The molecule has 1 fully saturated rings. The Morgan fingerprint density at radius 2 is 2.09 bits per heavy atom. The molecule has 5 nitrogen and oxygen atoms in total. The van der Waals surface area contributed by atoms with E-state index in [1.165, 1.54) is 18.4 Å². The number of pyridine rings is 1. The van der Waals surface area contributed by atoms with Crippen LogP contribution < -0.4 is 4.90 Å². The second kappa shape index (κ2) is 6.83. The van der Waals surface area contributed by atoms with Crippen LogP contribution in [0.4, 0.5) is 5.95 Å². The van der Waals surface area contributed by atoms with E-state index in [0.29, 0.717) is 6.04 Å². The summed E-state index contributed by atoms with van der Waals surface area (Å²) in [7, 11) is 2.10. The van der Waals surface area contributed by atoms with E-state index >= 15 is 0 Å². The second-order valence-electron chi connectivity index (χ2n) is 6.06. The van der Waals surface area contributed by atoms with Crippen molar-refractivity contribution < 1.29 is 0 Å². The van der Waals surface area contributed by atoms with E-state index in [1.54, 1.807) is 0 Å². The van der Waals surface area contributed by atoms with Crippen molar-refractivity contribution in [3.8, 4) is 0 Å². The fraction of sp³-hybridized carbons (Fsp3) is 0.471. The van der Waals surface area contributed by atoms with E-state index < -0.39 is 0 Å². The Kier molecular flexibility index (Phi) is 4.63. The summed E-state index contributed by atoms with van der Waals surface area (Å²) in [6.45, 7) is 5.17. The first-order valence-corrected chi connectivity index (χ1v) is 7.85. The molecular weight excluding hydrogens is 274 g/mol. The van der Waals surface area contributed by atoms with Crippen LogP contribution in [0.2, 0.25) is 0 Å². The van der Waals surface area contributed by atoms with Crippen LogP contribution in [0.5, 0.6) is 0 Å². The fourth-order valence-corrected chi connectivity index (χ4v) is 2.97. The van der Waals surface area contributed by atoms with Crippen molar-refractivity contribution in [2.45, 2.75) is 32.4 Å². The van der Waals surface area contributed by atoms with Crippen LogP contribution in [0.3, 0.4) is 0 Å². The summed E-state index contributed by atoms with van der Waals surface area (Å²) in [6, 6.07) is 4.61. The van der Waals surface area contributed by atoms with Crippen molar-refractivity contribution >= 4 is 5.95 Å². The lowest BCUT2D eigenvalue weighted by Crippen LogP contribution is -2.46. The highest BCUT2D eigenvalue weighted by Gasteiger charge is 2.24. The van der Waals surface area contributed by atoms with Gasteiger partial charge in [-0.05, 0) is 43.5 Å². The average molecular weight is 297 g/mol. The Morgan fingerprint density at radius 3 is 2.82 bits per heavy atom. The lowest BCUT2D eigenvalue weighted by molar-refractivity contribution is 0.198. The Morgan fingerprint density at radius 1 is 1.27 bits per heavy atom. The van der Waals surface area contributed by atoms with Crippen molar-refractivity contribution in [1.29, 1.82) is 0 Å². The van der Waals surface area contributed by atoms with Crippen LogP contribution in [-0.4, -0.2) is 46.0 Å². The van der Waals surface area contributed by atoms with Gasteiger partial charge >= 0.3 is 0 Å². The molecule has 1 unspecified atom stereocenters. The van der Waals surface area contributed by atoms with E-state index in [4.69, 9.17) is 0 Å². The minimum atomic E-state index is 0.466. The number of nitrogens with zero attached hydrogens (tertiary/aromatic N) is 5. The number of hydrogen-bond donors (Lipinski definition) is 0. The molecule has 0 aromatic carbocycles. The van der Waals surface area contributed by atoms with Crippen LogP contribution in [-0.2, 0) is 6.54 Å². The number of hydrogen-bond acceptors (Lipinski definition) is 5. The quantitative estimate of drug-likeness (QED) is 0.866. The fourth-order valence-electron chi connectivity index (χ4n) is 2.97. The molecule has 1 saturated heterocycles. The lowest BCUT2D eigenvalue weighted by Gasteiger charge is -2.37. The van der Waals surface area contributed by atoms with Crippen molar-refractivity contribution in [1.82, 2.24) is 19.9 Å². The Hall–Kier alpha value is -2.01. The summed E-state index contributed by atoms with van der Waals surface area (Å²) in [5.41, 5.74) is 2.37. The molecule has 116 valence electrons. The molecule has 0 bridgehead atoms. The first-order valence-electron chi connectivity index (χ1n) is 7.85. The van der Waals surface area contributed by atoms with Crippen molar-refractivity contribution in [3.63, 3.8) is 0 Å². The smallest absolute Gasteiger partial charge is 0.225 e. The van der Waals surface area contributed by atoms with E-state index in [2.05, 4.69) is 37.9 Å². The maximum Gasteiger partial charge on any atom is 0.225 e. The summed E-state index contributed by atoms with van der Waals surface area (Å²) in [5.74, 6) is 0.818. The van der Waals surface area contributed by atoms with Crippen LogP contribution in [0, 0.1) is 6.92 Å². The molecule has 1 aliphatic heterocycles. The Bertz CT molecular complexity index is 584. The van der Waals surface area contributed by atoms with Crippen molar-refractivity contribution in [3.05, 3.63) is 48.0 Å². The minimum Gasteiger partial charge on any atom is -0.340 e. The molecule has 0 amide bonds. The highest BCUT2D eigenvalue weighted by Crippen LogP contribution is 2.19. The predicted octanol–water partition coefficient (Wildman–Crippen LogP) is 2.28. The molecule has 1 aliphatic rings. The van der Waals surface area contributed by atoms with Gasteiger partial charge in [0.05, 0.1) is 0 Å². The number of aryl methyl sites for hydroxylation is 1. The van der Waals surface area contributed by atoms with Crippen LogP contribution in [0.1, 0.15) is 24.0 Å². The van der Waals surface area contributed by atoms with Crippen LogP contribution in [0.25, 0.3) is 0 Å². The van der Waals surface area contributed by atoms with E-state index in [9.17, 15) is 0 Å². The zero-order chi connectivity index (χ0) is 15.4. The summed E-state index contributed by atoms with van der Waals surface area (Å²) < 4.78 is 0. The molecule has 1 atom stereocenters. The molecule has 3 rings (SSSR count). The van der Waals surface area contributed by atoms with Gasteiger partial charge in [-0.1, -0.05) is 6.07 Å². The molecule has 3 heterocycles. The van der Waals surface area contributed by atoms with Gasteiger partial charge in [0.1, 0.15) is 0 Å². The molecule has 2 aromatic rings. The monoisotopic (exact) mass is 297 g/mol. The molecule has 0 spiro atoms. The molecule has 5 heteroatoms. The number of likely N-dealkylation sites (N-methyl/N-ethyl adjacent to an activating group) is 1. The standard InChI is InChI=1S/C17H23N5/c1-14-9-19-17(20-10-14)21(2)16-6-4-8-22(13-16)12-15-5-3-7-18-11-15/h3,5,7,9-11,16H,4,6,8,12-13H2,1-2H3. The largest absolute Gasteiger partial charge is 0.340 e. The van der Waals surface area contributed by atoms with Gasteiger partial charge in [-0.2, -0.15) is 0 Å². The lowest BCUT2D eigenvalue weighted by atomic mass is 10.0. The summed E-state index contributed by atoms with van der Waals surface area (Å²) >= 11 is 0. The first kappa shape index (κ1) is 14.9. The maximum atomic E-state index is 4.45. The highest BCUT2D eigenvalue weighted by molar-refractivity contribution is 5.30. The van der Waals surface area contributed by atoms with Gasteiger partial charge in [0.25, 0.3) is 0 Å². The van der Waals surface area contributed by atoms with Gasteiger partial charge < -0.3 is 4.90 Å². The third kappa shape index (κ3) is 3.60. The summed E-state index contributed by atoms with van der Waals surface area (Å²) in [6.07, 6.45) is 9.95. The van der Waals surface area contributed by atoms with Crippen LogP contribution in [0.15, 0.2) is 36.9 Å². The molecule has 0 N–H and O–H groups in total. The molecule has 2 aromatic heterocycles. The predicted molar refractivity (Wildman–Crippen MR) is 87.7 cm³/mol. The molecular formula is C17H23N5. The van der Waals surface area contributed by atoms with Gasteiger partial charge in [-0.3, -0.25) is 9.88 Å². The van der Waals surface area contributed by atoms with Gasteiger partial charge in [-0.15, -0.1) is 0 Å². The van der Waals surface area contributed by atoms with Crippen LogP contribution >= 0.6 is 0 Å². The topological polar surface area (TPSA) is 45.2 Å². The average Bonchev–Trinajstić information content (AvgIpc) is 2.56. The number of aromatic nitrogens is 3. The number of likely N-dealkylation sites (tertiary alicyclic amines) is 1. The van der Waals surface area contributed by atoms with E-state index in [1.807, 2.05) is 37.8 Å². The Labute approximate surface area is 132 Å². The number of rotatable bonds is 4. The number of anilines is 1. The van der Waals surface area contributed by atoms with E-state index in [-0.39, 0.29) is 0 Å². The molecule has 0 saturated carbocycles. The van der Waals surface area contributed by atoms with Gasteiger partial charge in [0.2, 0.25) is 5.95 Å². The first-order chi connectivity index (χ1) is 10.7. The normalized spacial score (nSPS) is 19.1. The molecule has 22 heavy (non-hydrogen) atoms. The number of piperidine rings is 1. The van der Waals surface area contributed by atoms with Crippen molar-refractivity contribution in [2.75, 3.05) is 25.0 Å². The highest BCUT2D eigenvalue weighted by atomic mass is 15.3. The van der Waals surface area contributed by atoms with Gasteiger partial charge in [-0.25, -0.2) is 9.97 Å². The van der Waals surface area contributed by atoms with Crippen molar-refractivity contribution in [2.24, 2.45) is 0 Å². The minimum absolute atomic E-state index is 0.466. The summed E-state index contributed by atoms with van der Waals surface area (Å²) in [5, 5.41) is 0. The zero-order valence-electron chi connectivity index (χ0n) is 13.3.